The molecule has 21 heavy (non-hydrogen) atoms. The molecule has 1 aromatic rings. The number of hydrogen-bond donors (Lipinski definition) is 3. The highest BCUT2D eigenvalue weighted by molar-refractivity contribution is 6.30. The Bertz CT molecular complexity index is 531. The summed E-state index contributed by atoms with van der Waals surface area (Å²) in [6.07, 6.45) is 1.32. The van der Waals surface area contributed by atoms with Gasteiger partial charge in [0.1, 0.15) is 11.6 Å². The van der Waals surface area contributed by atoms with E-state index in [1.54, 1.807) is 30.3 Å². The molecule has 0 atom stereocenters. The van der Waals surface area contributed by atoms with Crippen LogP contribution < -0.4 is 5.32 Å². The fraction of sp³-hybridized carbons (Fsp3) is 0.286. The van der Waals surface area contributed by atoms with E-state index in [4.69, 9.17) is 27.1 Å². The number of rotatable bonds is 7. The third kappa shape index (κ3) is 5.83. The zero-order chi connectivity index (χ0) is 15.7. The van der Waals surface area contributed by atoms with E-state index in [1.807, 2.05) is 0 Å². The molecule has 7 heteroatoms. The molecule has 6 nitrogen and oxygen atoms in total. The zero-order valence-electron chi connectivity index (χ0n) is 11.3. The first-order valence-corrected chi connectivity index (χ1v) is 6.63. The van der Waals surface area contributed by atoms with E-state index in [-0.39, 0.29) is 31.9 Å². The quantitative estimate of drug-likeness (QED) is 0.515. The molecule has 112 valence electrons. The highest BCUT2D eigenvalue weighted by Gasteiger charge is 2.11. The molecule has 1 rings (SSSR count). The number of aliphatic hydroxyl groups is 2. The van der Waals surface area contributed by atoms with Crippen LogP contribution in [0.25, 0.3) is 0 Å². The van der Waals surface area contributed by atoms with Crippen LogP contribution in [0.4, 0.5) is 5.69 Å². The van der Waals surface area contributed by atoms with Gasteiger partial charge in [0.25, 0.3) is 5.91 Å². The summed E-state index contributed by atoms with van der Waals surface area (Å²) in [5.41, 5.74) is 0.397. The van der Waals surface area contributed by atoms with Crippen LogP contribution >= 0.6 is 11.6 Å². The smallest absolute Gasteiger partial charge is 0.267 e. The lowest BCUT2D eigenvalue weighted by molar-refractivity contribution is -0.112. The number of amides is 1. The van der Waals surface area contributed by atoms with Crippen LogP contribution in [-0.4, -0.2) is 47.3 Å². The number of halogens is 1. The SMILES string of the molecule is N#C/C(=C/N(CCO)CCO)C(=O)Nc1ccc(Cl)cc1. The van der Waals surface area contributed by atoms with Crippen molar-refractivity contribution in [2.24, 2.45) is 0 Å². The van der Waals surface area contributed by atoms with E-state index >= 15 is 0 Å². The molecule has 3 N–H and O–H groups in total. The van der Waals surface area contributed by atoms with Crippen molar-refractivity contribution in [1.82, 2.24) is 4.90 Å². The van der Waals surface area contributed by atoms with Crippen LogP contribution in [0.3, 0.4) is 0 Å². The predicted molar refractivity (Wildman–Crippen MR) is 79.5 cm³/mol. The number of aliphatic hydroxyl groups excluding tert-OH is 2. The normalized spacial score (nSPS) is 10.9. The van der Waals surface area contributed by atoms with E-state index in [1.165, 1.54) is 11.1 Å². The van der Waals surface area contributed by atoms with Crippen molar-refractivity contribution >= 4 is 23.2 Å². The predicted octanol–water partition coefficient (Wildman–Crippen LogP) is 0.973. The summed E-state index contributed by atoms with van der Waals surface area (Å²) in [5.74, 6) is -0.569. The number of nitrogens with zero attached hydrogens (tertiary/aromatic N) is 2. The number of benzene rings is 1. The minimum absolute atomic E-state index is 0.119. The monoisotopic (exact) mass is 309 g/mol. The first-order valence-electron chi connectivity index (χ1n) is 6.25. The lowest BCUT2D eigenvalue weighted by atomic mass is 10.2. The highest BCUT2D eigenvalue weighted by atomic mass is 35.5. The lowest BCUT2D eigenvalue weighted by Gasteiger charge is -2.18. The van der Waals surface area contributed by atoms with Gasteiger partial charge in [-0.05, 0) is 24.3 Å². The summed E-state index contributed by atoms with van der Waals surface area (Å²) in [6, 6.07) is 8.28. The third-order valence-corrected chi connectivity index (χ3v) is 2.81. The second kappa shape index (κ2) is 8.97. The molecular formula is C14H16ClN3O3. The molecule has 0 saturated heterocycles. The fourth-order valence-corrected chi connectivity index (χ4v) is 1.68. The van der Waals surface area contributed by atoms with Gasteiger partial charge in [0.15, 0.2) is 0 Å². The van der Waals surface area contributed by atoms with Gasteiger partial charge in [-0.2, -0.15) is 5.26 Å². The van der Waals surface area contributed by atoms with E-state index in [9.17, 15) is 4.79 Å². The van der Waals surface area contributed by atoms with E-state index < -0.39 is 5.91 Å². The molecule has 0 aliphatic rings. The minimum Gasteiger partial charge on any atom is -0.395 e. The standard InChI is InChI=1S/C14H16ClN3O3/c15-12-1-3-13(4-2-12)17-14(21)11(9-16)10-18(5-7-19)6-8-20/h1-4,10,19-20H,5-8H2,(H,17,21)/b11-10-. The molecule has 0 saturated carbocycles. The minimum atomic E-state index is -0.569. The largest absolute Gasteiger partial charge is 0.395 e. The summed E-state index contributed by atoms with van der Waals surface area (Å²) in [4.78, 5) is 13.5. The van der Waals surface area contributed by atoms with Gasteiger partial charge in [-0.15, -0.1) is 0 Å². The van der Waals surface area contributed by atoms with Crippen molar-refractivity contribution in [3.05, 3.63) is 41.1 Å². The topological polar surface area (TPSA) is 96.6 Å². The summed E-state index contributed by atoms with van der Waals surface area (Å²) in [7, 11) is 0. The maximum atomic E-state index is 12.0. The Morgan fingerprint density at radius 3 is 2.33 bits per heavy atom. The number of nitriles is 1. The van der Waals surface area contributed by atoms with Gasteiger partial charge < -0.3 is 20.4 Å². The molecule has 0 aromatic heterocycles. The van der Waals surface area contributed by atoms with Crippen molar-refractivity contribution in [1.29, 1.82) is 5.26 Å². The molecule has 0 spiro atoms. The summed E-state index contributed by atoms with van der Waals surface area (Å²) in [5, 5.41) is 30.0. The summed E-state index contributed by atoms with van der Waals surface area (Å²) < 4.78 is 0. The number of carbonyl (C=O) groups is 1. The third-order valence-electron chi connectivity index (χ3n) is 2.55. The molecular weight excluding hydrogens is 294 g/mol. The van der Waals surface area contributed by atoms with Crippen molar-refractivity contribution in [2.45, 2.75) is 0 Å². The molecule has 0 aliphatic carbocycles. The average molecular weight is 310 g/mol. The summed E-state index contributed by atoms with van der Waals surface area (Å²) >= 11 is 5.75. The Balaban J connectivity index is 2.80. The van der Waals surface area contributed by atoms with Crippen molar-refractivity contribution in [3.8, 4) is 6.07 Å². The Morgan fingerprint density at radius 1 is 1.29 bits per heavy atom. The Kier molecular flexibility index (Phi) is 7.26. The highest BCUT2D eigenvalue weighted by Crippen LogP contribution is 2.14. The first kappa shape index (κ1) is 17.0. The van der Waals surface area contributed by atoms with Crippen LogP contribution in [0, 0.1) is 11.3 Å². The lowest BCUT2D eigenvalue weighted by Crippen LogP contribution is -2.26. The van der Waals surface area contributed by atoms with Gasteiger partial charge in [-0.3, -0.25) is 4.79 Å². The van der Waals surface area contributed by atoms with Crippen molar-refractivity contribution in [2.75, 3.05) is 31.6 Å². The Morgan fingerprint density at radius 2 is 1.86 bits per heavy atom. The molecule has 0 unspecified atom stereocenters. The Labute approximate surface area is 127 Å². The molecule has 1 aromatic carbocycles. The van der Waals surface area contributed by atoms with Gasteiger partial charge in [-0.1, -0.05) is 11.6 Å². The second-order valence-corrected chi connectivity index (χ2v) is 4.54. The zero-order valence-corrected chi connectivity index (χ0v) is 12.0. The number of anilines is 1. The van der Waals surface area contributed by atoms with Gasteiger partial charge in [0.05, 0.1) is 13.2 Å². The van der Waals surface area contributed by atoms with Crippen molar-refractivity contribution in [3.63, 3.8) is 0 Å². The van der Waals surface area contributed by atoms with E-state index in [0.29, 0.717) is 10.7 Å². The maximum Gasteiger partial charge on any atom is 0.267 e. The average Bonchev–Trinajstić information content (AvgIpc) is 2.47. The van der Waals surface area contributed by atoms with Crippen LogP contribution in [0.5, 0.6) is 0 Å². The van der Waals surface area contributed by atoms with Gasteiger partial charge in [0.2, 0.25) is 0 Å². The number of carbonyl (C=O) groups excluding carboxylic acids is 1. The van der Waals surface area contributed by atoms with Crippen molar-refractivity contribution < 1.29 is 15.0 Å². The van der Waals surface area contributed by atoms with Gasteiger partial charge in [-0.25, -0.2) is 0 Å². The van der Waals surface area contributed by atoms with E-state index in [2.05, 4.69) is 5.32 Å². The molecule has 0 heterocycles. The maximum absolute atomic E-state index is 12.0. The number of nitrogens with one attached hydrogen (secondary N) is 1. The molecule has 0 bridgehead atoms. The van der Waals surface area contributed by atoms with Gasteiger partial charge in [0, 0.05) is 30.0 Å². The van der Waals surface area contributed by atoms with Crippen LogP contribution in [0.2, 0.25) is 5.02 Å². The summed E-state index contributed by atoms with van der Waals surface area (Å²) in [6.45, 7) is 0.155. The van der Waals surface area contributed by atoms with Gasteiger partial charge >= 0.3 is 0 Å². The molecule has 1 amide bonds. The Hall–Kier alpha value is -2.07. The second-order valence-electron chi connectivity index (χ2n) is 4.10. The van der Waals surface area contributed by atoms with Crippen LogP contribution in [0.15, 0.2) is 36.0 Å². The first-order chi connectivity index (χ1) is 10.1. The number of hydrogen-bond acceptors (Lipinski definition) is 5. The molecule has 0 radical (unpaired) electrons. The van der Waals surface area contributed by atoms with Crippen LogP contribution in [0.1, 0.15) is 0 Å². The molecule has 0 aliphatic heterocycles. The molecule has 0 fully saturated rings. The van der Waals surface area contributed by atoms with Crippen LogP contribution in [-0.2, 0) is 4.79 Å². The fourth-order valence-electron chi connectivity index (χ4n) is 1.55. The van der Waals surface area contributed by atoms with E-state index in [0.717, 1.165) is 0 Å².